The van der Waals surface area contributed by atoms with Gasteiger partial charge in [0.15, 0.2) is 11.0 Å². The van der Waals surface area contributed by atoms with Crippen LogP contribution in [0.5, 0.6) is 11.5 Å². The first-order valence-electron chi connectivity index (χ1n) is 11.4. The number of aromatic nitrogens is 5. The van der Waals surface area contributed by atoms with E-state index in [1.165, 1.54) is 11.8 Å². The summed E-state index contributed by atoms with van der Waals surface area (Å²) in [5.74, 6) is 3.15. The van der Waals surface area contributed by atoms with E-state index in [0.29, 0.717) is 28.5 Å². The maximum Gasteiger partial charge on any atom is 0.247 e. The summed E-state index contributed by atoms with van der Waals surface area (Å²) in [4.78, 5) is 0. The molecule has 0 bridgehead atoms. The van der Waals surface area contributed by atoms with Crippen molar-refractivity contribution in [2.45, 2.75) is 24.3 Å². The maximum absolute atomic E-state index is 6.03. The average molecular weight is 500 g/mol. The Morgan fingerprint density at radius 1 is 0.861 bits per heavy atom. The van der Waals surface area contributed by atoms with Gasteiger partial charge in [0.25, 0.3) is 0 Å². The smallest absolute Gasteiger partial charge is 0.247 e. The Bertz CT molecular complexity index is 1480. The molecule has 0 aliphatic heterocycles. The number of para-hydroxylation sites is 1. The molecule has 2 aromatic heterocycles. The Morgan fingerprint density at radius 3 is 2.42 bits per heavy atom. The second-order valence-corrected chi connectivity index (χ2v) is 9.42. The lowest BCUT2D eigenvalue weighted by molar-refractivity contribution is 0.414. The fraction of sp³-hybridized carbons (Fsp3) is 0.185. The summed E-state index contributed by atoms with van der Waals surface area (Å²) in [7, 11) is 3.29. The topological polar surface area (TPSA) is 88.1 Å². The van der Waals surface area contributed by atoms with Gasteiger partial charge in [-0.05, 0) is 62.4 Å². The summed E-state index contributed by atoms with van der Waals surface area (Å²) >= 11 is 1.49. The van der Waals surface area contributed by atoms with Crippen molar-refractivity contribution < 1.29 is 13.9 Å². The molecule has 182 valence electrons. The Hall–Kier alpha value is -4.11. The van der Waals surface area contributed by atoms with Crippen LogP contribution in [0.4, 0.5) is 0 Å². The molecule has 0 amide bonds. The SMILES string of the molecule is COc1ccc(-n2c(SC(C)c3nnc(-c4cccc(C)c4)o3)nnc2-c2ccccc2OC)cc1. The predicted molar refractivity (Wildman–Crippen MR) is 139 cm³/mol. The number of hydrogen-bond donors (Lipinski definition) is 0. The molecule has 0 saturated carbocycles. The maximum atomic E-state index is 6.03. The van der Waals surface area contributed by atoms with E-state index in [0.717, 1.165) is 28.1 Å². The molecule has 8 nitrogen and oxygen atoms in total. The Kier molecular flexibility index (Phi) is 6.73. The van der Waals surface area contributed by atoms with Gasteiger partial charge in [-0.1, -0.05) is 41.6 Å². The molecule has 0 saturated heterocycles. The van der Waals surface area contributed by atoms with E-state index in [1.807, 2.05) is 91.2 Å². The quantitative estimate of drug-likeness (QED) is 0.235. The standard InChI is InChI=1S/C27H25N5O3S/c1-17-8-7-9-19(16-17)26-30-29-25(35-26)18(2)36-27-31-28-24(22-10-5-6-11-23(22)34-4)32(27)20-12-14-21(33-3)15-13-20/h5-16,18H,1-4H3. The predicted octanol–water partition coefficient (Wildman–Crippen LogP) is 6.16. The van der Waals surface area contributed by atoms with E-state index in [2.05, 4.69) is 20.4 Å². The lowest BCUT2D eigenvalue weighted by Gasteiger charge is -2.14. The first kappa shape index (κ1) is 23.6. The van der Waals surface area contributed by atoms with Crippen LogP contribution in [0.1, 0.15) is 23.6 Å². The number of ether oxygens (including phenoxy) is 2. The van der Waals surface area contributed by atoms with Crippen molar-refractivity contribution in [1.82, 2.24) is 25.0 Å². The molecular formula is C27H25N5O3S. The van der Waals surface area contributed by atoms with Gasteiger partial charge in [0.2, 0.25) is 11.8 Å². The lowest BCUT2D eigenvalue weighted by Crippen LogP contribution is -2.02. The number of thioether (sulfide) groups is 1. The minimum Gasteiger partial charge on any atom is -0.497 e. The molecule has 0 radical (unpaired) electrons. The molecule has 5 rings (SSSR count). The Balaban J connectivity index is 1.52. The summed E-state index contributed by atoms with van der Waals surface area (Å²) in [6.07, 6.45) is 0. The van der Waals surface area contributed by atoms with Gasteiger partial charge in [-0.2, -0.15) is 0 Å². The van der Waals surface area contributed by atoms with Gasteiger partial charge in [-0.15, -0.1) is 20.4 Å². The molecule has 9 heteroatoms. The number of hydrogen-bond acceptors (Lipinski definition) is 8. The normalized spacial score (nSPS) is 11.9. The summed E-state index contributed by atoms with van der Waals surface area (Å²) in [6.45, 7) is 4.04. The van der Waals surface area contributed by atoms with Crippen molar-refractivity contribution in [2.75, 3.05) is 14.2 Å². The molecule has 36 heavy (non-hydrogen) atoms. The minimum absolute atomic E-state index is 0.164. The van der Waals surface area contributed by atoms with E-state index < -0.39 is 0 Å². The van der Waals surface area contributed by atoms with Gasteiger partial charge in [-0.25, -0.2) is 0 Å². The van der Waals surface area contributed by atoms with Gasteiger partial charge in [0, 0.05) is 5.56 Å². The fourth-order valence-electron chi connectivity index (χ4n) is 3.82. The number of methoxy groups -OCH3 is 2. The fourth-order valence-corrected chi connectivity index (χ4v) is 4.71. The molecule has 2 heterocycles. The molecule has 1 atom stereocenters. The van der Waals surface area contributed by atoms with Crippen LogP contribution in [-0.2, 0) is 0 Å². The molecule has 3 aromatic carbocycles. The third-order valence-electron chi connectivity index (χ3n) is 5.65. The first-order valence-corrected chi connectivity index (χ1v) is 12.3. The summed E-state index contributed by atoms with van der Waals surface area (Å²) in [5, 5.41) is 18.2. The highest BCUT2D eigenvalue weighted by Crippen LogP contribution is 2.39. The highest BCUT2D eigenvalue weighted by molar-refractivity contribution is 7.99. The van der Waals surface area contributed by atoms with Gasteiger partial charge in [-0.3, -0.25) is 4.57 Å². The van der Waals surface area contributed by atoms with Crippen molar-refractivity contribution in [3.8, 4) is 40.0 Å². The molecule has 0 N–H and O–H groups in total. The summed E-state index contributed by atoms with van der Waals surface area (Å²) in [5.41, 5.74) is 3.75. The van der Waals surface area contributed by atoms with Crippen LogP contribution >= 0.6 is 11.8 Å². The number of benzene rings is 3. The zero-order valence-electron chi connectivity index (χ0n) is 20.4. The average Bonchev–Trinajstić information content (AvgIpc) is 3.57. The lowest BCUT2D eigenvalue weighted by atomic mass is 10.1. The molecule has 0 fully saturated rings. The van der Waals surface area contributed by atoms with E-state index in [-0.39, 0.29) is 5.25 Å². The van der Waals surface area contributed by atoms with Gasteiger partial charge in [0.05, 0.1) is 30.7 Å². The summed E-state index contributed by atoms with van der Waals surface area (Å²) < 4.78 is 19.0. The van der Waals surface area contributed by atoms with Crippen molar-refractivity contribution in [1.29, 1.82) is 0 Å². The van der Waals surface area contributed by atoms with Crippen LogP contribution in [0.2, 0.25) is 0 Å². The highest BCUT2D eigenvalue weighted by Gasteiger charge is 2.24. The molecule has 0 aliphatic carbocycles. The molecule has 1 unspecified atom stereocenters. The first-order chi connectivity index (χ1) is 17.6. The molecule has 0 aliphatic rings. The minimum atomic E-state index is -0.164. The second kappa shape index (κ2) is 10.2. The monoisotopic (exact) mass is 499 g/mol. The zero-order chi connectivity index (χ0) is 25.1. The molecule has 5 aromatic rings. The highest BCUT2D eigenvalue weighted by atomic mass is 32.2. The molecule has 0 spiro atoms. The van der Waals surface area contributed by atoms with Crippen molar-refractivity contribution >= 4 is 11.8 Å². The van der Waals surface area contributed by atoms with E-state index in [4.69, 9.17) is 13.9 Å². The Morgan fingerprint density at radius 2 is 1.67 bits per heavy atom. The van der Waals surface area contributed by atoms with Crippen LogP contribution in [0, 0.1) is 6.92 Å². The van der Waals surface area contributed by atoms with E-state index in [9.17, 15) is 0 Å². The van der Waals surface area contributed by atoms with Crippen LogP contribution in [-0.4, -0.2) is 39.2 Å². The van der Waals surface area contributed by atoms with Crippen LogP contribution in [0.3, 0.4) is 0 Å². The number of rotatable bonds is 8. The third kappa shape index (κ3) is 4.70. The summed E-state index contributed by atoms with van der Waals surface area (Å²) in [6, 6.07) is 23.5. The van der Waals surface area contributed by atoms with Crippen molar-refractivity contribution in [3.63, 3.8) is 0 Å². The van der Waals surface area contributed by atoms with Crippen LogP contribution in [0.15, 0.2) is 82.4 Å². The van der Waals surface area contributed by atoms with Crippen molar-refractivity contribution in [3.05, 3.63) is 84.3 Å². The largest absolute Gasteiger partial charge is 0.497 e. The van der Waals surface area contributed by atoms with E-state index >= 15 is 0 Å². The van der Waals surface area contributed by atoms with Gasteiger partial charge < -0.3 is 13.9 Å². The van der Waals surface area contributed by atoms with Gasteiger partial charge >= 0.3 is 0 Å². The second-order valence-electron chi connectivity index (χ2n) is 8.11. The van der Waals surface area contributed by atoms with Crippen LogP contribution in [0.25, 0.3) is 28.5 Å². The zero-order valence-corrected chi connectivity index (χ0v) is 21.2. The van der Waals surface area contributed by atoms with Crippen LogP contribution < -0.4 is 9.47 Å². The molecular weight excluding hydrogens is 474 g/mol. The van der Waals surface area contributed by atoms with Gasteiger partial charge in [0.1, 0.15) is 11.5 Å². The van der Waals surface area contributed by atoms with E-state index in [1.54, 1.807) is 14.2 Å². The third-order valence-corrected chi connectivity index (χ3v) is 6.68. The van der Waals surface area contributed by atoms with Crippen molar-refractivity contribution in [2.24, 2.45) is 0 Å². The Labute approximate surface area is 213 Å². The number of aryl methyl sites for hydroxylation is 1. The number of nitrogens with zero attached hydrogens (tertiary/aromatic N) is 5.